The summed E-state index contributed by atoms with van der Waals surface area (Å²) in [5.74, 6) is -0.808. The van der Waals surface area contributed by atoms with Crippen LogP contribution in [0.2, 0.25) is 0 Å². The maximum absolute atomic E-state index is 12.8. The summed E-state index contributed by atoms with van der Waals surface area (Å²) >= 11 is 0. The number of aliphatic hydroxyl groups excluding tert-OH is 3. The lowest BCUT2D eigenvalue weighted by molar-refractivity contribution is -0.161. The predicted octanol–water partition coefficient (Wildman–Crippen LogP) is 7.43. The zero-order valence-corrected chi connectivity index (χ0v) is 40.5. The van der Waals surface area contributed by atoms with E-state index in [1.54, 1.807) is 12.2 Å². The minimum atomic E-state index is -5.46. The van der Waals surface area contributed by atoms with Crippen molar-refractivity contribution in [3.63, 3.8) is 0 Å². The highest BCUT2D eigenvalue weighted by Gasteiger charge is 2.46. The van der Waals surface area contributed by atoms with E-state index >= 15 is 0 Å². The van der Waals surface area contributed by atoms with E-state index in [2.05, 4.69) is 54.4 Å². The highest BCUT2D eigenvalue weighted by Crippen LogP contribution is 2.60. The molecule has 1 aliphatic heterocycles. The fourth-order valence-electron chi connectivity index (χ4n) is 6.51. The molecule has 9 atom stereocenters. The van der Waals surface area contributed by atoms with Crippen LogP contribution in [0.4, 0.5) is 5.82 Å². The molecular formula is C45H75N3O16P2. The van der Waals surface area contributed by atoms with E-state index in [4.69, 9.17) is 29.0 Å². The summed E-state index contributed by atoms with van der Waals surface area (Å²) in [5, 5.41) is 31.2. The molecule has 0 saturated carbocycles. The van der Waals surface area contributed by atoms with Crippen LogP contribution in [0.5, 0.6) is 0 Å². The highest BCUT2D eigenvalue weighted by molar-refractivity contribution is 7.61. The number of allylic oxidation sites excluding steroid dienone is 7. The van der Waals surface area contributed by atoms with Crippen molar-refractivity contribution in [2.75, 3.05) is 25.6 Å². The average Bonchev–Trinajstić information content (AvgIpc) is 3.54. The van der Waals surface area contributed by atoms with E-state index in [1.165, 1.54) is 38.2 Å². The number of nitrogens with two attached hydrogens (primary N) is 1. The number of phosphoric ester groups is 2. The lowest BCUT2D eigenvalue weighted by Gasteiger charge is -2.21. The molecule has 1 fully saturated rings. The largest absolute Gasteiger partial charge is 0.481 e. The average molecular weight is 976 g/mol. The van der Waals surface area contributed by atoms with Gasteiger partial charge in [-0.25, -0.2) is 13.9 Å². The van der Waals surface area contributed by atoms with E-state index < -0.39 is 89.8 Å². The highest BCUT2D eigenvalue weighted by atomic mass is 31.3. The van der Waals surface area contributed by atoms with Crippen molar-refractivity contribution in [3.05, 3.63) is 71.4 Å². The second kappa shape index (κ2) is 33.2. The lowest BCUT2D eigenvalue weighted by atomic mass is 10.00. The molecule has 2 heterocycles. The van der Waals surface area contributed by atoms with Gasteiger partial charge in [0, 0.05) is 19.0 Å². The third-order valence-corrected chi connectivity index (χ3v) is 13.2. The quantitative estimate of drug-likeness (QED) is 0.0125. The lowest BCUT2D eigenvalue weighted by Crippen LogP contribution is -2.36. The van der Waals surface area contributed by atoms with E-state index in [0.717, 1.165) is 62.1 Å². The minimum absolute atomic E-state index is 0.0833. The molecule has 1 aliphatic rings. The van der Waals surface area contributed by atoms with Crippen LogP contribution in [0.1, 0.15) is 143 Å². The first-order valence-corrected chi connectivity index (χ1v) is 26.1. The van der Waals surface area contributed by atoms with Gasteiger partial charge in [0.05, 0.1) is 19.3 Å². The molecule has 3 unspecified atom stereocenters. The number of esters is 2. The Bertz CT molecular complexity index is 1820. The van der Waals surface area contributed by atoms with Crippen LogP contribution in [0, 0.1) is 5.92 Å². The number of hydrogen-bond donors (Lipinski definition) is 6. The van der Waals surface area contributed by atoms with Crippen molar-refractivity contribution in [1.82, 2.24) is 9.55 Å². The molecule has 0 amide bonds. The number of phosphoric acid groups is 2. The topological polar surface area (TPSA) is 286 Å². The number of aliphatic hydroxyl groups is 3. The van der Waals surface area contributed by atoms with Crippen molar-refractivity contribution in [2.24, 2.45) is 5.92 Å². The van der Waals surface area contributed by atoms with Gasteiger partial charge in [-0.05, 0) is 56.9 Å². The van der Waals surface area contributed by atoms with Gasteiger partial charge in [-0.3, -0.25) is 23.2 Å². The second-order valence-corrected chi connectivity index (χ2v) is 19.4. The third kappa shape index (κ3) is 26.3. The first kappa shape index (κ1) is 58.8. The molecule has 2 rings (SSSR count). The zero-order chi connectivity index (χ0) is 48.8. The number of carbonyl (C=O) groups excluding carboxylic acids is 2. The maximum atomic E-state index is 12.8. The van der Waals surface area contributed by atoms with E-state index in [0.29, 0.717) is 12.3 Å². The monoisotopic (exact) mass is 975 g/mol. The van der Waals surface area contributed by atoms with Gasteiger partial charge in [0.1, 0.15) is 30.7 Å². The first-order valence-electron chi connectivity index (χ1n) is 23.2. The zero-order valence-electron chi connectivity index (χ0n) is 38.8. The molecule has 66 heavy (non-hydrogen) atoms. The Hall–Kier alpha value is -3.32. The molecule has 1 aromatic heterocycles. The van der Waals surface area contributed by atoms with E-state index in [9.17, 15) is 48.6 Å². The Kier molecular flexibility index (Phi) is 29.6. The molecule has 0 aromatic carbocycles. The van der Waals surface area contributed by atoms with Crippen molar-refractivity contribution >= 4 is 33.4 Å². The molecule has 1 saturated heterocycles. The molecule has 0 spiro atoms. The van der Waals surface area contributed by atoms with Crippen molar-refractivity contribution in [3.8, 4) is 0 Å². The SMILES string of the molecule is CCCCC/C=C\C/C=C\C/C=C\C=C\[C@H](O)CCCC(=O)O[C@H](COC(=O)CCCCCCCCC(C)CC)COP(=O)(O)OP(=O)(O)OC[C@H]1O[C@@H](n2ccc(N)nc2=O)[C@H](O)[C@@H]1O. The molecule has 0 bridgehead atoms. The number of nitrogen functional groups attached to an aromatic ring is 1. The third-order valence-electron chi connectivity index (χ3n) is 10.6. The Balaban J connectivity index is 1.89. The van der Waals surface area contributed by atoms with Gasteiger partial charge in [-0.1, -0.05) is 127 Å². The van der Waals surface area contributed by atoms with Crippen molar-refractivity contribution in [1.29, 1.82) is 0 Å². The smallest absolute Gasteiger partial charge is 0.462 e. The summed E-state index contributed by atoms with van der Waals surface area (Å²) in [4.78, 5) is 61.7. The molecule has 0 radical (unpaired) electrons. The molecule has 1 aromatic rings. The number of hydrogen-bond acceptors (Lipinski definition) is 16. The minimum Gasteiger partial charge on any atom is -0.462 e. The second-order valence-electron chi connectivity index (χ2n) is 16.3. The van der Waals surface area contributed by atoms with Gasteiger partial charge in [-0.2, -0.15) is 9.29 Å². The van der Waals surface area contributed by atoms with E-state index in [1.807, 2.05) is 12.2 Å². The Labute approximate surface area is 389 Å². The standard InChI is InChI=1S/C45H75N3O16P2/c1-4-6-7-8-9-10-11-12-13-14-15-19-22-26-36(49)27-24-29-41(51)62-37(32-59-40(50)28-23-20-17-16-18-21-25-35(3)5-2)33-60-65(55,56)64-66(57,58)61-34-38-42(52)43(53)44(63-38)48-31-30-39(46)47-45(48)54/h9-10,12-13,15,19,22,26,30-31,35-38,42-44,49,52-53H,4-8,11,14,16-18,20-21,23-25,27-29,32-34H2,1-3H3,(H,55,56)(H,57,58)(H2,46,47,54)/b10-9-,13-12-,19-15-,26-22+/t35?,36-,37+,38+,42+,43+,44+/m0/s1. The molecule has 376 valence electrons. The summed E-state index contributed by atoms with van der Waals surface area (Å²) in [6.07, 6.45) is 22.7. The number of anilines is 1. The fourth-order valence-corrected chi connectivity index (χ4v) is 8.62. The maximum Gasteiger partial charge on any atom is 0.481 e. The molecule has 21 heteroatoms. The molecule has 19 nitrogen and oxygen atoms in total. The van der Waals surface area contributed by atoms with Crippen LogP contribution in [0.15, 0.2) is 65.7 Å². The van der Waals surface area contributed by atoms with Crippen molar-refractivity contribution < 1.29 is 71.4 Å². The summed E-state index contributed by atoms with van der Waals surface area (Å²) in [6, 6.07) is 1.23. The number of aromatic nitrogens is 2. The molecule has 0 aliphatic carbocycles. The summed E-state index contributed by atoms with van der Waals surface area (Å²) < 4.78 is 56.4. The van der Waals surface area contributed by atoms with Gasteiger partial charge < -0.3 is 45.1 Å². The van der Waals surface area contributed by atoms with Crippen LogP contribution < -0.4 is 11.4 Å². The van der Waals surface area contributed by atoms with Crippen LogP contribution >= 0.6 is 15.6 Å². The number of carbonyl (C=O) groups is 2. The number of unbranched alkanes of at least 4 members (excludes halogenated alkanes) is 8. The fraction of sp³-hybridized carbons (Fsp3) is 0.689. The Morgan fingerprint density at radius 1 is 0.848 bits per heavy atom. The number of rotatable bonds is 36. The summed E-state index contributed by atoms with van der Waals surface area (Å²) in [6.45, 7) is 4.13. The number of nitrogens with zero attached hydrogens (tertiary/aromatic N) is 2. The normalized spacial score (nSPS) is 21.1. The van der Waals surface area contributed by atoms with Crippen molar-refractivity contribution in [2.45, 2.75) is 173 Å². The predicted molar refractivity (Wildman–Crippen MR) is 248 cm³/mol. The van der Waals surface area contributed by atoms with Crippen LogP contribution in [-0.4, -0.2) is 96.9 Å². The molecule has 7 N–H and O–H groups in total. The summed E-state index contributed by atoms with van der Waals surface area (Å²) in [5.41, 5.74) is 4.56. The van der Waals surface area contributed by atoms with Gasteiger partial charge >= 0.3 is 33.3 Å². The van der Waals surface area contributed by atoms with Gasteiger partial charge in [0.25, 0.3) is 0 Å². The number of ether oxygens (including phenoxy) is 3. The van der Waals surface area contributed by atoms with Crippen LogP contribution in [0.25, 0.3) is 0 Å². The Morgan fingerprint density at radius 3 is 2.23 bits per heavy atom. The van der Waals surface area contributed by atoms with Gasteiger partial charge in [0.2, 0.25) is 0 Å². The van der Waals surface area contributed by atoms with Crippen LogP contribution in [0.3, 0.4) is 0 Å². The molecular weight excluding hydrogens is 900 g/mol. The first-order chi connectivity index (χ1) is 31.5. The van der Waals surface area contributed by atoms with E-state index in [-0.39, 0.29) is 31.5 Å². The summed E-state index contributed by atoms with van der Waals surface area (Å²) in [7, 11) is -10.9. The van der Waals surface area contributed by atoms with Gasteiger partial charge in [-0.15, -0.1) is 0 Å². The van der Waals surface area contributed by atoms with Crippen LogP contribution in [-0.2, 0) is 46.3 Å². The van der Waals surface area contributed by atoms with Gasteiger partial charge in [0.15, 0.2) is 12.3 Å². The Morgan fingerprint density at radius 2 is 1.52 bits per heavy atom.